The van der Waals surface area contributed by atoms with E-state index < -0.39 is 11.7 Å². The minimum atomic E-state index is -4.43. The number of hydrogen-bond donors (Lipinski definition) is 2. The molecule has 0 aliphatic rings. The van der Waals surface area contributed by atoms with E-state index in [4.69, 9.17) is 0 Å². The van der Waals surface area contributed by atoms with E-state index in [2.05, 4.69) is 10.6 Å². The Hall–Kier alpha value is -2.50. The van der Waals surface area contributed by atoms with Crippen LogP contribution < -0.4 is 10.6 Å². The highest BCUT2D eigenvalue weighted by Gasteiger charge is 2.30. The average Bonchev–Trinajstić information content (AvgIpc) is 2.50. The van der Waals surface area contributed by atoms with Crippen LogP contribution in [0.15, 0.2) is 42.5 Å². The molecule has 0 saturated heterocycles. The SMILES string of the molecule is Cc1ccc(NCCC(=O)Nc2cccc(C(F)(F)F)c2)cc1C. The Morgan fingerprint density at radius 2 is 1.75 bits per heavy atom. The summed E-state index contributed by atoms with van der Waals surface area (Å²) in [6, 6.07) is 10.5. The number of anilines is 2. The molecule has 0 aliphatic heterocycles. The minimum Gasteiger partial charge on any atom is -0.385 e. The Bertz CT molecular complexity index is 726. The number of carbonyl (C=O) groups excluding carboxylic acids is 1. The highest BCUT2D eigenvalue weighted by molar-refractivity contribution is 5.91. The maximum atomic E-state index is 12.6. The van der Waals surface area contributed by atoms with Gasteiger partial charge in [-0.25, -0.2) is 0 Å². The van der Waals surface area contributed by atoms with Crippen LogP contribution in [0.25, 0.3) is 0 Å². The summed E-state index contributed by atoms with van der Waals surface area (Å²) in [6.45, 7) is 4.41. The van der Waals surface area contributed by atoms with E-state index in [1.165, 1.54) is 17.7 Å². The third kappa shape index (κ3) is 5.01. The summed E-state index contributed by atoms with van der Waals surface area (Å²) < 4.78 is 37.9. The number of alkyl halides is 3. The molecule has 0 saturated carbocycles. The molecule has 0 radical (unpaired) electrons. The average molecular weight is 336 g/mol. The molecule has 0 heterocycles. The molecule has 0 bridgehead atoms. The van der Waals surface area contributed by atoms with Crippen molar-refractivity contribution >= 4 is 17.3 Å². The molecule has 3 nitrogen and oxygen atoms in total. The summed E-state index contributed by atoms with van der Waals surface area (Å²) in [7, 11) is 0. The van der Waals surface area contributed by atoms with E-state index in [1.807, 2.05) is 32.0 Å². The van der Waals surface area contributed by atoms with Gasteiger partial charge in [0.25, 0.3) is 0 Å². The van der Waals surface area contributed by atoms with Gasteiger partial charge in [-0.2, -0.15) is 13.2 Å². The molecule has 0 atom stereocenters. The van der Waals surface area contributed by atoms with Gasteiger partial charge in [0.2, 0.25) is 5.91 Å². The fourth-order valence-corrected chi connectivity index (χ4v) is 2.17. The van der Waals surface area contributed by atoms with Crippen LogP contribution in [0.3, 0.4) is 0 Å². The Morgan fingerprint density at radius 1 is 1.00 bits per heavy atom. The number of aryl methyl sites for hydroxylation is 2. The van der Waals surface area contributed by atoms with Crippen LogP contribution in [0.5, 0.6) is 0 Å². The van der Waals surface area contributed by atoms with Gasteiger partial charge in [0.15, 0.2) is 0 Å². The quantitative estimate of drug-likeness (QED) is 0.826. The van der Waals surface area contributed by atoms with Crippen molar-refractivity contribution in [2.24, 2.45) is 0 Å². The lowest BCUT2D eigenvalue weighted by molar-refractivity contribution is -0.137. The lowest BCUT2D eigenvalue weighted by atomic mass is 10.1. The van der Waals surface area contributed by atoms with Gasteiger partial charge >= 0.3 is 6.18 Å². The molecule has 0 aromatic heterocycles. The maximum absolute atomic E-state index is 12.6. The first-order valence-corrected chi connectivity index (χ1v) is 7.54. The molecule has 0 fully saturated rings. The van der Waals surface area contributed by atoms with Gasteiger partial charge in [-0.05, 0) is 55.3 Å². The normalized spacial score (nSPS) is 11.2. The molecule has 6 heteroatoms. The van der Waals surface area contributed by atoms with Crippen LogP contribution in [-0.4, -0.2) is 12.5 Å². The molecule has 2 rings (SSSR count). The number of amides is 1. The second-order valence-corrected chi connectivity index (χ2v) is 5.60. The fourth-order valence-electron chi connectivity index (χ4n) is 2.17. The van der Waals surface area contributed by atoms with E-state index in [1.54, 1.807) is 0 Å². The smallest absolute Gasteiger partial charge is 0.385 e. The largest absolute Gasteiger partial charge is 0.416 e. The van der Waals surface area contributed by atoms with Crippen molar-refractivity contribution in [3.8, 4) is 0 Å². The zero-order valence-corrected chi connectivity index (χ0v) is 13.5. The van der Waals surface area contributed by atoms with Gasteiger partial charge < -0.3 is 10.6 Å². The van der Waals surface area contributed by atoms with Gasteiger partial charge in [-0.3, -0.25) is 4.79 Å². The number of nitrogens with one attached hydrogen (secondary N) is 2. The van der Waals surface area contributed by atoms with Crippen molar-refractivity contribution in [2.45, 2.75) is 26.4 Å². The van der Waals surface area contributed by atoms with Crippen LogP contribution in [0, 0.1) is 13.8 Å². The topological polar surface area (TPSA) is 41.1 Å². The maximum Gasteiger partial charge on any atom is 0.416 e. The summed E-state index contributed by atoms with van der Waals surface area (Å²) in [4.78, 5) is 11.9. The highest BCUT2D eigenvalue weighted by Crippen LogP contribution is 2.30. The molecule has 0 aliphatic carbocycles. The zero-order valence-electron chi connectivity index (χ0n) is 13.5. The van der Waals surface area contributed by atoms with Crippen molar-refractivity contribution < 1.29 is 18.0 Å². The fraction of sp³-hybridized carbons (Fsp3) is 0.278. The Labute approximate surface area is 138 Å². The first-order valence-electron chi connectivity index (χ1n) is 7.54. The number of hydrogen-bond acceptors (Lipinski definition) is 2. The van der Waals surface area contributed by atoms with Crippen LogP contribution in [0.4, 0.5) is 24.5 Å². The monoisotopic (exact) mass is 336 g/mol. The molecular weight excluding hydrogens is 317 g/mol. The second-order valence-electron chi connectivity index (χ2n) is 5.60. The number of halogens is 3. The van der Waals surface area contributed by atoms with Crippen molar-refractivity contribution in [3.05, 3.63) is 59.2 Å². The Morgan fingerprint density at radius 3 is 2.42 bits per heavy atom. The highest BCUT2D eigenvalue weighted by atomic mass is 19.4. The molecule has 2 aromatic rings. The van der Waals surface area contributed by atoms with Crippen molar-refractivity contribution in [1.29, 1.82) is 0 Å². The summed E-state index contributed by atoms with van der Waals surface area (Å²) >= 11 is 0. The third-order valence-corrected chi connectivity index (χ3v) is 3.66. The minimum absolute atomic E-state index is 0.140. The van der Waals surface area contributed by atoms with E-state index in [0.29, 0.717) is 6.54 Å². The number of rotatable bonds is 5. The summed E-state index contributed by atoms with van der Waals surface area (Å²) in [5.41, 5.74) is 2.59. The van der Waals surface area contributed by atoms with Gasteiger partial charge in [-0.15, -0.1) is 0 Å². The van der Waals surface area contributed by atoms with Gasteiger partial charge in [0.05, 0.1) is 5.56 Å². The van der Waals surface area contributed by atoms with Crippen LogP contribution >= 0.6 is 0 Å². The zero-order chi connectivity index (χ0) is 17.7. The van der Waals surface area contributed by atoms with Gasteiger partial charge in [-0.1, -0.05) is 12.1 Å². The van der Waals surface area contributed by atoms with Crippen molar-refractivity contribution in [3.63, 3.8) is 0 Å². The molecule has 0 spiro atoms. The van der Waals surface area contributed by atoms with Crippen molar-refractivity contribution in [1.82, 2.24) is 0 Å². The predicted octanol–water partition coefficient (Wildman–Crippen LogP) is 4.76. The van der Waals surface area contributed by atoms with Crippen molar-refractivity contribution in [2.75, 3.05) is 17.2 Å². The lowest BCUT2D eigenvalue weighted by Gasteiger charge is -2.11. The molecule has 1 amide bonds. The molecule has 128 valence electrons. The first kappa shape index (κ1) is 17.8. The summed E-state index contributed by atoms with van der Waals surface area (Å²) in [5.74, 6) is -0.342. The molecule has 2 aromatic carbocycles. The van der Waals surface area contributed by atoms with E-state index in [0.717, 1.165) is 23.4 Å². The van der Waals surface area contributed by atoms with Gasteiger partial charge in [0, 0.05) is 24.3 Å². The first-order chi connectivity index (χ1) is 11.3. The van der Waals surface area contributed by atoms with Gasteiger partial charge in [0.1, 0.15) is 0 Å². The van der Waals surface area contributed by atoms with E-state index >= 15 is 0 Å². The molecule has 2 N–H and O–H groups in total. The van der Waals surface area contributed by atoms with E-state index in [-0.39, 0.29) is 18.0 Å². The third-order valence-electron chi connectivity index (χ3n) is 3.66. The Balaban J connectivity index is 1.86. The standard InChI is InChI=1S/C18H19F3N2O/c1-12-6-7-15(10-13(12)2)22-9-8-17(24)23-16-5-3-4-14(11-16)18(19,20)21/h3-7,10-11,22H,8-9H2,1-2H3,(H,23,24). The van der Waals surface area contributed by atoms with E-state index in [9.17, 15) is 18.0 Å². The number of benzene rings is 2. The summed E-state index contributed by atoms with van der Waals surface area (Å²) in [6.07, 6.45) is -4.27. The summed E-state index contributed by atoms with van der Waals surface area (Å²) in [5, 5.41) is 5.61. The van der Waals surface area contributed by atoms with Crippen LogP contribution in [-0.2, 0) is 11.0 Å². The number of carbonyl (C=O) groups is 1. The molecule has 0 unspecified atom stereocenters. The molecule has 24 heavy (non-hydrogen) atoms. The van der Waals surface area contributed by atoms with Crippen LogP contribution in [0.2, 0.25) is 0 Å². The van der Waals surface area contributed by atoms with Crippen LogP contribution in [0.1, 0.15) is 23.1 Å². The lowest BCUT2D eigenvalue weighted by Crippen LogP contribution is -2.16. The molecular formula is C18H19F3N2O. The second kappa shape index (κ2) is 7.38. The predicted molar refractivity (Wildman–Crippen MR) is 89.1 cm³/mol. The Kier molecular flexibility index (Phi) is 5.49.